The molecule has 1 aliphatic heterocycles. The van der Waals surface area contributed by atoms with E-state index in [1.54, 1.807) is 21.1 Å². The van der Waals surface area contributed by atoms with Crippen molar-refractivity contribution in [3.05, 3.63) is 24.0 Å². The predicted octanol–water partition coefficient (Wildman–Crippen LogP) is 0.573. The van der Waals surface area contributed by atoms with Gasteiger partial charge in [0.15, 0.2) is 0 Å². The van der Waals surface area contributed by atoms with E-state index < -0.39 is 0 Å². The molecule has 6 heteroatoms. The lowest BCUT2D eigenvalue weighted by atomic mass is 10.1. The number of aromatic nitrogens is 1. The molecule has 2 amide bonds. The summed E-state index contributed by atoms with van der Waals surface area (Å²) in [7, 11) is 5.06. The van der Waals surface area contributed by atoms with Gasteiger partial charge in [-0.25, -0.2) is 0 Å². The van der Waals surface area contributed by atoms with Crippen molar-refractivity contribution in [1.29, 1.82) is 0 Å². The fourth-order valence-corrected chi connectivity index (χ4v) is 2.59. The quantitative estimate of drug-likeness (QED) is 0.883. The molecule has 0 aliphatic carbocycles. The molecule has 6 nitrogen and oxygen atoms in total. The Kier molecular flexibility index (Phi) is 5.01. The summed E-state index contributed by atoms with van der Waals surface area (Å²) in [6.07, 6.45) is 4.01. The summed E-state index contributed by atoms with van der Waals surface area (Å²) >= 11 is 0. The van der Waals surface area contributed by atoms with Gasteiger partial charge in [-0.3, -0.25) is 9.59 Å². The Morgan fingerprint density at radius 2 is 1.95 bits per heavy atom. The zero-order valence-electron chi connectivity index (χ0n) is 13.0. The van der Waals surface area contributed by atoms with E-state index in [0.717, 1.165) is 25.9 Å². The van der Waals surface area contributed by atoms with Crippen molar-refractivity contribution in [2.24, 2.45) is 0 Å². The number of nitrogens with one attached hydrogen (secondary N) is 1. The first-order valence-corrected chi connectivity index (χ1v) is 7.34. The summed E-state index contributed by atoms with van der Waals surface area (Å²) in [5.41, 5.74) is 0.663. The summed E-state index contributed by atoms with van der Waals surface area (Å²) in [4.78, 5) is 27.3. The average molecular weight is 292 g/mol. The van der Waals surface area contributed by atoms with Crippen LogP contribution >= 0.6 is 0 Å². The molecule has 1 aromatic heterocycles. The number of likely N-dealkylation sites (N-methyl/N-ethyl adjacent to an activating group) is 2. The summed E-state index contributed by atoms with van der Waals surface area (Å²) in [5, 5.41) is 3.33. The highest BCUT2D eigenvalue weighted by Crippen LogP contribution is 2.21. The van der Waals surface area contributed by atoms with E-state index in [0.29, 0.717) is 11.7 Å². The van der Waals surface area contributed by atoms with Crippen molar-refractivity contribution in [2.45, 2.75) is 18.9 Å². The van der Waals surface area contributed by atoms with E-state index in [4.69, 9.17) is 0 Å². The van der Waals surface area contributed by atoms with E-state index in [9.17, 15) is 9.59 Å². The summed E-state index contributed by atoms with van der Waals surface area (Å²) in [5.74, 6) is -0.181. The highest BCUT2D eigenvalue weighted by Gasteiger charge is 2.23. The lowest BCUT2D eigenvalue weighted by Crippen LogP contribution is -2.39. The molecule has 0 spiro atoms. The van der Waals surface area contributed by atoms with Gasteiger partial charge in [0, 0.05) is 33.4 Å². The minimum absolute atomic E-state index is 0.0779. The smallest absolute Gasteiger partial charge is 0.270 e. The fraction of sp³-hybridized carbons (Fsp3) is 0.600. The normalized spacial score (nSPS) is 15.8. The SMILES string of the molecule is CN(C)C(=O)CN(C)C(=O)c1cccn1C1CCNCC1. The van der Waals surface area contributed by atoms with Crippen molar-refractivity contribution in [3.8, 4) is 0 Å². The summed E-state index contributed by atoms with van der Waals surface area (Å²) in [6.45, 7) is 2.06. The molecular weight excluding hydrogens is 268 g/mol. The Morgan fingerprint density at radius 1 is 1.29 bits per heavy atom. The minimum Gasteiger partial charge on any atom is -0.347 e. The maximum atomic E-state index is 12.5. The second kappa shape index (κ2) is 6.76. The van der Waals surface area contributed by atoms with Gasteiger partial charge in [0.25, 0.3) is 5.91 Å². The van der Waals surface area contributed by atoms with Gasteiger partial charge in [0.2, 0.25) is 5.91 Å². The number of hydrogen-bond acceptors (Lipinski definition) is 3. The maximum Gasteiger partial charge on any atom is 0.270 e. The molecule has 1 saturated heterocycles. The van der Waals surface area contributed by atoms with E-state index in [2.05, 4.69) is 9.88 Å². The molecule has 116 valence electrons. The second-order valence-electron chi connectivity index (χ2n) is 5.73. The fourth-order valence-electron chi connectivity index (χ4n) is 2.59. The molecule has 1 N–H and O–H groups in total. The number of hydrogen-bond donors (Lipinski definition) is 1. The zero-order chi connectivity index (χ0) is 15.4. The van der Waals surface area contributed by atoms with Crippen LogP contribution in [0.1, 0.15) is 29.4 Å². The molecule has 0 unspecified atom stereocenters. The molecular formula is C15H24N4O2. The van der Waals surface area contributed by atoms with E-state index in [1.165, 1.54) is 9.80 Å². The van der Waals surface area contributed by atoms with Gasteiger partial charge in [-0.2, -0.15) is 0 Å². The molecule has 21 heavy (non-hydrogen) atoms. The van der Waals surface area contributed by atoms with Gasteiger partial charge in [0.05, 0.1) is 6.54 Å². The molecule has 2 rings (SSSR count). The molecule has 1 fully saturated rings. The van der Waals surface area contributed by atoms with Gasteiger partial charge >= 0.3 is 0 Å². The average Bonchev–Trinajstić information content (AvgIpc) is 2.96. The van der Waals surface area contributed by atoms with Crippen molar-refractivity contribution in [1.82, 2.24) is 19.7 Å². The zero-order valence-corrected chi connectivity index (χ0v) is 13.0. The van der Waals surface area contributed by atoms with Crippen LogP contribution in [0, 0.1) is 0 Å². The molecule has 1 aliphatic rings. The standard InChI is InChI=1S/C15H24N4O2/c1-17(2)14(20)11-18(3)15(21)13-5-4-10-19(13)12-6-8-16-9-7-12/h4-5,10,12,16H,6-9,11H2,1-3H3. The van der Waals surface area contributed by atoms with Crippen LogP contribution in [0.25, 0.3) is 0 Å². The highest BCUT2D eigenvalue weighted by molar-refractivity contribution is 5.95. The Bertz CT molecular complexity index is 504. The van der Waals surface area contributed by atoms with Gasteiger partial charge in [0.1, 0.15) is 5.69 Å². The Labute approximate surface area is 125 Å². The topological polar surface area (TPSA) is 57.6 Å². The number of amides is 2. The Balaban J connectivity index is 2.09. The van der Waals surface area contributed by atoms with E-state index in [1.807, 2.05) is 18.3 Å². The Morgan fingerprint density at radius 3 is 2.57 bits per heavy atom. The first kappa shape index (κ1) is 15.6. The lowest BCUT2D eigenvalue weighted by molar-refractivity contribution is -0.129. The van der Waals surface area contributed by atoms with Gasteiger partial charge in [-0.15, -0.1) is 0 Å². The van der Waals surface area contributed by atoms with Crippen LogP contribution in [-0.2, 0) is 4.79 Å². The Hall–Kier alpha value is -1.82. The van der Waals surface area contributed by atoms with Gasteiger partial charge < -0.3 is 19.7 Å². The maximum absolute atomic E-state index is 12.5. The monoisotopic (exact) mass is 292 g/mol. The van der Waals surface area contributed by atoms with Crippen molar-refractivity contribution >= 4 is 11.8 Å². The first-order chi connectivity index (χ1) is 10.0. The summed E-state index contributed by atoms with van der Waals surface area (Å²) in [6, 6.07) is 4.09. The molecule has 1 aromatic rings. The van der Waals surface area contributed by atoms with Crippen LogP contribution in [0.5, 0.6) is 0 Å². The van der Waals surface area contributed by atoms with Crippen LogP contribution in [0.3, 0.4) is 0 Å². The van der Waals surface area contributed by atoms with Crippen LogP contribution < -0.4 is 5.32 Å². The van der Waals surface area contributed by atoms with Crippen LogP contribution in [0.15, 0.2) is 18.3 Å². The number of nitrogens with zero attached hydrogens (tertiary/aromatic N) is 3. The van der Waals surface area contributed by atoms with Crippen LogP contribution in [0.4, 0.5) is 0 Å². The van der Waals surface area contributed by atoms with Gasteiger partial charge in [-0.05, 0) is 38.1 Å². The molecule has 2 heterocycles. The minimum atomic E-state index is -0.103. The predicted molar refractivity (Wildman–Crippen MR) is 81.2 cm³/mol. The molecule has 0 atom stereocenters. The third kappa shape index (κ3) is 3.64. The van der Waals surface area contributed by atoms with Crippen LogP contribution in [0.2, 0.25) is 0 Å². The van der Waals surface area contributed by atoms with Crippen molar-refractivity contribution in [3.63, 3.8) is 0 Å². The lowest BCUT2D eigenvalue weighted by Gasteiger charge is -2.27. The first-order valence-electron chi connectivity index (χ1n) is 7.34. The number of carbonyl (C=O) groups is 2. The number of carbonyl (C=O) groups excluding carboxylic acids is 2. The summed E-state index contributed by atoms with van der Waals surface area (Å²) < 4.78 is 2.06. The third-order valence-corrected chi connectivity index (χ3v) is 3.92. The number of rotatable bonds is 4. The van der Waals surface area contributed by atoms with E-state index in [-0.39, 0.29) is 18.4 Å². The third-order valence-electron chi connectivity index (χ3n) is 3.92. The van der Waals surface area contributed by atoms with Crippen molar-refractivity contribution in [2.75, 3.05) is 40.8 Å². The van der Waals surface area contributed by atoms with E-state index >= 15 is 0 Å². The van der Waals surface area contributed by atoms with Gasteiger partial charge in [-0.1, -0.05) is 0 Å². The molecule has 0 aromatic carbocycles. The highest BCUT2D eigenvalue weighted by atomic mass is 16.2. The molecule has 0 saturated carbocycles. The largest absolute Gasteiger partial charge is 0.347 e. The molecule has 0 bridgehead atoms. The van der Waals surface area contributed by atoms with Crippen LogP contribution in [-0.4, -0.2) is 67.0 Å². The van der Waals surface area contributed by atoms with Crippen molar-refractivity contribution < 1.29 is 9.59 Å². The number of piperidine rings is 1. The second-order valence-corrected chi connectivity index (χ2v) is 5.73. The molecule has 0 radical (unpaired) electrons.